The van der Waals surface area contributed by atoms with Crippen LogP contribution in [0.15, 0.2) is 48.5 Å². The van der Waals surface area contributed by atoms with E-state index >= 15 is 0 Å². The second-order valence-corrected chi connectivity index (χ2v) is 7.05. The molecule has 1 aromatic heterocycles. The molecule has 2 aromatic carbocycles. The van der Waals surface area contributed by atoms with Crippen LogP contribution < -0.4 is 10.6 Å². The monoisotopic (exact) mass is 399 g/mol. The molecule has 0 aliphatic carbocycles. The van der Waals surface area contributed by atoms with Gasteiger partial charge in [0.05, 0.1) is 0 Å². The predicted octanol–water partition coefficient (Wildman–Crippen LogP) is 4.78. The van der Waals surface area contributed by atoms with Gasteiger partial charge in [-0.1, -0.05) is 42.8 Å². The summed E-state index contributed by atoms with van der Waals surface area (Å²) in [5.41, 5.74) is 2.65. The van der Waals surface area contributed by atoms with Crippen molar-refractivity contribution >= 4 is 34.5 Å². The molecule has 0 aliphatic heterocycles. The fourth-order valence-corrected chi connectivity index (χ4v) is 3.73. The smallest absolute Gasteiger partial charge is 0.219 e. The Morgan fingerprint density at radius 1 is 0.897 bits per heavy atom. The Hall–Kier alpha value is -2.66. The van der Waals surface area contributed by atoms with Crippen molar-refractivity contribution < 1.29 is 12.4 Å². The van der Waals surface area contributed by atoms with Crippen molar-refractivity contribution in [2.24, 2.45) is 0 Å². The third-order valence-corrected chi connectivity index (χ3v) is 5.05. The minimum Gasteiger partial charge on any atom is -0.356 e. The van der Waals surface area contributed by atoms with E-state index in [1.54, 1.807) is 0 Å². The summed E-state index contributed by atoms with van der Waals surface area (Å²) in [6, 6.07) is 17.3. The molecule has 2 N–H and O–H groups in total. The summed E-state index contributed by atoms with van der Waals surface area (Å²) in [5, 5.41) is 9.07. The molecule has 0 spiro atoms. The summed E-state index contributed by atoms with van der Waals surface area (Å²) in [4.78, 5) is 19.4. The van der Waals surface area contributed by atoms with Crippen molar-refractivity contribution in [2.75, 3.05) is 19.6 Å². The molecule has 0 aliphatic rings. The molecule has 0 saturated carbocycles. The van der Waals surface area contributed by atoms with Crippen LogP contribution in [-0.4, -0.2) is 36.9 Å². The minimum atomic E-state index is 0. The molecule has 160 valence electrons. The largest absolute Gasteiger partial charge is 0.356 e. The van der Waals surface area contributed by atoms with Gasteiger partial charge >= 0.3 is 0 Å². The highest BCUT2D eigenvalue weighted by Crippen LogP contribution is 2.28. The van der Waals surface area contributed by atoms with Crippen molar-refractivity contribution in [1.82, 2.24) is 15.2 Å². The third kappa shape index (κ3) is 6.43. The molecule has 0 atom stereocenters. The molecule has 1 amide bonds. The first kappa shape index (κ1) is 22.6. The molecule has 1 heterocycles. The zero-order valence-corrected chi connectivity index (χ0v) is 17.5. The number of carbonyl (C=O) groups excluding carboxylic acids is 2. The van der Waals surface area contributed by atoms with Gasteiger partial charge in [0.15, 0.2) is 0 Å². The van der Waals surface area contributed by atoms with Crippen molar-refractivity contribution in [3.63, 3.8) is 0 Å². The second-order valence-electron chi connectivity index (χ2n) is 7.05. The standard InChI is InChI=1S/C23H31N3O.CH2O.2H2/c1-2-25-23(27)15-4-3-9-16-24-17-10-18-26-21-13-7-5-11-19(21)20-12-6-8-14-22(20)26;1-2;;/h5-8,11-14,24H,2-4,9-10,15-18H2,1H3,(H,25,27);1H2;2*1H. The van der Waals surface area contributed by atoms with Crippen molar-refractivity contribution in [3.8, 4) is 0 Å². The number of benzene rings is 2. The number of unbranched alkanes of at least 4 members (excludes halogenated alkanes) is 2. The van der Waals surface area contributed by atoms with Crippen molar-refractivity contribution in [3.05, 3.63) is 48.5 Å². The Kier molecular flexibility index (Phi) is 9.93. The first-order valence-corrected chi connectivity index (χ1v) is 10.5. The quantitative estimate of drug-likeness (QED) is 0.456. The molecule has 0 unspecified atom stereocenters. The average Bonchev–Trinajstić information content (AvgIpc) is 3.08. The lowest BCUT2D eigenvalue weighted by Gasteiger charge is -2.09. The molecular formula is C24H37N3O2. The van der Waals surface area contributed by atoms with Crippen LogP contribution in [0, 0.1) is 0 Å². The van der Waals surface area contributed by atoms with E-state index in [9.17, 15) is 4.79 Å². The van der Waals surface area contributed by atoms with E-state index in [0.717, 1.165) is 51.9 Å². The first-order valence-electron chi connectivity index (χ1n) is 10.5. The molecule has 0 fully saturated rings. The summed E-state index contributed by atoms with van der Waals surface area (Å²) in [6.07, 6.45) is 4.99. The van der Waals surface area contributed by atoms with E-state index in [4.69, 9.17) is 4.79 Å². The van der Waals surface area contributed by atoms with Gasteiger partial charge in [0, 0.05) is 44.2 Å². The zero-order chi connectivity index (χ0) is 20.9. The predicted molar refractivity (Wildman–Crippen MR) is 125 cm³/mol. The molecule has 29 heavy (non-hydrogen) atoms. The van der Waals surface area contributed by atoms with E-state index in [1.807, 2.05) is 13.7 Å². The SMILES string of the molecule is C=O.CCNC(=O)CCCCCNCCCn1c2ccccc2c2ccccc21.[HH].[HH]. The summed E-state index contributed by atoms with van der Waals surface area (Å²) >= 11 is 0. The maximum atomic E-state index is 11.4. The number of carbonyl (C=O) groups is 2. The summed E-state index contributed by atoms with van der Waals surface area (Å²) in [6.45, 7) is 7.77. The fourth-order valence-electron chi connectivity index (χ4n) is 3.73. The normalized spacial score (nSPS) is 10.7. The number of hydrogen-bond donors (Lipinski definition) is 2. The zero-order valence-electron chi connectivity index (χ0n) is 17.5. The van der Waals surface area contributed by atoms with Crippen LogP contribution in [0.25, 0.3) is 21.8 Å². The number of para-hydroxylation sites is 2. The van der Waals surface area contributed by atoms with Gasteiger partial charge in [-0.15, -0.1) is 0 Å². The highest BCUT2D eigenvalue weighted by Gasteiger charge is 2.08. The van der Waals surface area contributed by atoms with Crippen molar-refractivity contribution in [2.45, 2.75) is 45.6 Å². The summed E-state index contributed by atoms with van der Waals surface area (Å²) in [7, 11) is 0. The van der Waals surface area contributed by atoms with Crippen LogP contribution in [0.4, 0.5) is 0 Å². The molecule has 5 heteroatoms. The first-order chi connectivity index (χ1) is 14.3. The number of fused-ring (bicyclic) bond motifs is 3. The Bertz CT molecular complexity index is 846. The van der Waals surface area contributed by atoms with E-state index in [0.29, 0.717) is 6.42 Å². The molecule has 5 nitrogen and oxygen atoms in total. The van der Waals surface area contributed by atoms with Gasteiger partial charge in [-0.05, 0) is 51.4 Å². The van der Waals surface area contributed by atoms with Gasteiger partial charge in [0.25, 0.3) is 0 Å². The molecule has 0 saturated heterocycles. The number of amides is 1. The van der Waals surface area contributed by atoms with Crippen molar-refractivity contribution in [1.29, 1.82) is 0 Å². The number of aromatic nitrogens is 1. The van der Waals surface area contributed by atoms with Gasteiger partial charge in [-0.3, -0.25) is 4.79 Å². The van der Waals surface area contributed by atoms with Gasteiger partial charge in [-0.2, -0.15) is 0 Å². The Balaban J connectivity index is 0.00000219. The van der Waals surface area contributed by atoms with Crippen LogP contribution in [0.5, 0.6) is 0 Å². The van der Waals surface area contributed by atoms with Crippen LogP contribution >= 0.6 is 0 Å². The number of rotatable bonds is 11. The Morgan fingerprint density at radius 2 is 1.48 bits per heavy atom. The number of nitrogens with zero attached hydrogens (tertiary/aromatic N) is 1. The van der Waals surface area contributed by atoms with Gasteiger partial charge in [0.1, 0.15) is 6.79 Å². The minimum absolute atomic E-state index is 0. The van der Waals surface area contributed by atoms with E-state index in [-0.39, 0.29) is 8.76 Å². The Labute approximate surface area is 176 Å². The second kappa shape index (κ2) is 12.7. The average molecular weight is 400 g/mol. The lowest BCUT2D eigenvalue weighted by molar-refractivity contribution is -0.121. The maximum Gasteiger partial charge on any atom is 0.219 e. The van der Waals surface area contributed by atoms with E-state index in [1.165, 1.54) is 21.8 Å². The van der Waals surface area contributed by atoms with Crippen LogP contribution in [0.1, 0.15) is 41.9 Å². The van der Waals surface area contributed by atoms with Gasteiger partial charge in [0.2, 0.25) is 5.91 Å². The lowest BCUT2D eigenvalue weighted by Crippen LogP contribution is -2.22. The summed E-state index contributed by atoms with van der Waals surface area (Å²) in [5.74, 6) is 0.177. The van der Waals surface area contributed by atoms with Crippen LogP contribution in [0.3, 0.4) is 0 Å². The lowest BCUT2D eigenvalue weighted by atomic mass is 10.2. The number of nitrogens with one attached hydrogen (secondary N) is 2. The molecule has 3 rings (SSSR count). The Morgan fingerprint density at radius 3 is 2.10 bits per heavy atom. The third-order valence-electron chi connectivity index (χ3n) is 5.05. The topological polar surface area (TPSA) is 63.1 Å². The molecule has 3 aromatic rings. The van der Waals surface area contributed by atoms with Gasteiger partial charge < -0.3 is 20.0 Å². The van der Waals surface area contributed by atoms with Gasteiger partial charge in [-0.25, -0.2) is 0 Å². The highest BCUT2D eigenvalue weighted by atomic mass is 16.1. The number of hydrogen-bond acceptors (Lipinski definition) is 3. The van der Waals surface area contributed by atoms with E-state index in [2.05, 4.69) is 63.7 Å². The van der Waals surface area contributed by atoms with Crippen LogP contribution in [0.2, 0.25) is 0 Å². The van der Waals surface area contributed by atoms with E-state index < -0.39 is 0 Å². The molecular weight excluding hydrogens is 362 g/mol. The summed E-state index contributed by atoms with van der Waals surface area (Å²) < 4.78 is 2.44. The highest BCUT2D eigenvalue weighted by molar-refractivity contribution is 6.07. The maximum absolute atomic E-state index is 11.4. The van der Waals surface area contributed by atoms with Crippen LogP contribution in [-0.2, 0) is 16.1 Å². The molecule has 0 radical (unpaired) electrons. The molecule has 0 bridgehead atoms. The number of aryl methyl sites for hydroxylation is 1. The fraction of sp³-hybridized carbons (Fsp3) is 0.417.